The molecular weight excluding hydrogens is 178 g/mol. The molecule has 0 heterocycles. The molecular formula is C11H23NO2. The number of nitrogens with two attached hydrogens (primary N) is 1. The number of primary amides is 1. The van der Waals surface area contributed by atoms with Crippen LogP contribution in [0.4, 0.5) is 0 Å². The van der Waals surface area contributed by atoms with Gasteiger partial charge in [-0.1, -0.05) is 41.5 Å². The molecule has 0 fully saturated rings. The van der Waals surface area contributed by atoms with Crippen molar-refractivity contribution in [1.82, 2.24) is 0 Å². The second kappa shape index (κ2) is 3.54. The van der Waals surface area contributed by atoms with Crippen LogP contribution in [0.15, 0.2) is 0 Å². The van der Waals surface area contributed by atoms with Crippen LogP contribution in [-0.2, 0) is 4.79 Å². The maximum Gasteiger partial charge on any atom is 0.220 e. The smallest absolute Gasteiger partial charge is 0.220 e. The summed E-state index contributed by atoms with van der Waals surface area (Å²) in [5, 5.41) is 10.6. The quantitative estimate of drug-likeness (QED) is 0.714. The van der Waals surface area contributed by atoms with Crippen LogP contribution in [0.1, 0.15) is 48.0 Å². The van der Waals surface area contributed by atoms with Crippen LogP contribution in [0.2, 0.25) is 0 Å². The number of rotatable bonds is 2. The fraction of sp³-hybridized carbons (Fsp3) is 0.909. The molecule has 0 aliphatic carbocycles. The van der Waals surface area contributed by atoms with E-state index in [1.54, 1.807) is 0 Å². The first-order chi connectivity index (χ1) is 5.92. The molecule has 3 N–H and O–H groups in total. The molecule has 0 radical (unpaired) electrons. The standard InChI is InChI=1S/C11H23NO2/c1-9(2,3)11(14,7-8(12)13)10(4,5)6/h14H,7H2,1-6H3,(H2,12,13). The first kappa shape index (κ1) is 13.4. The summed E-state index contributed by atoms with van der Waals surface area (Å²) in [5.74, 6) is -0.461. The average molecular weight is 201 g/mol. The van der Waals surface area contributed by atoms with Crippen LogP contribution in [-0.4, -0.2) is 16.6 Å². The van der Waals surface area contributed by atoms with Gasteiger partial charge in [0.15, 0.2) is 0 Å². The van der Waals surface area contributed by atoms with E-state index in [4.69, 9.17) is 5.73 Å². The topological polar surface area (TPSA) is 63.3 Å². The molecule has 0 saturated carbocycles. The van der Waals surface area contributed by atoms with Crippen LogP contribution in [0.5, 0.6) is 0 Å². The molecule has 3 nitrogen and oxygen atoms in total. The van der Waals surface area contributed by atoms with Gasteiger partial charge in [-0.05, 0) is 10.8 Å². The SMILES string of the molecule is CC(C)(C)C(O)(CC(N)=O)C(C)(C)C. The lowest BCUT2D eigenvalue weighted by molar-refractivity contribution is -0.155. The van der Waals surface area contributed by atoms with E-state index in [9.17, 15) is 9.90 Å². The Kier molecular flexibility index (Phi) is 3.39. The van der Waals surface area contributed by atoms with E-state index in [0.717, 1.165) is 0 Å². The van der Waals surface area contributed by atoms with Gasteiger partial charge in [0, 0.05) is 0 Å². The van der Waals surface area contributed by atoms with Gasteiger partial charge >= 0.3 is 0 Å². The Hall–Kier alpha value is -0.570. The van der Waals surface area contributed by atoms with E-state index < -0.39 is 11.5 Å². The number of aliphatic hydroxyl groups is 1. The van der Waals surface area contributed by atoms with Crippen molar-refractivity contribution >= 4 is 5.91 Å². The van der Waals surface area contributed by atoms with E-state index in [-0.39, 0.29) is 17.3 Å². The van der Waals surface area contributed by atoms with Crippen LogP contribution >= 0.6 is 0 Å². The molecule has 0 aromatic rings. The van der Waals surface area contributed by atoms with Crippen molar-refractivity contribution in [3.63, 3.8) is 0 Å². The van der Waals surface area contributed by atoms with Crippen LogP contribution in [0.3, 0.4) is 0 Å². The molecule has 0 aromatic heterocycles. The minimum atomic E-state index is -1.08. The maximum atomic E-state index is 11.0. The highest BCUT2D eigenvalue weighted by Gasteiger charge is 2.49. The van der Waals surface area contributed by atoms with Gasteiger partial charge < -0.3 is 10.8 Å². The molecule has 0 bridgehead atoms. The predicted molar refractivity (Wildman–Crippen MR) is 57.7 cm³/mol. The third kappa shape index (κ3) is 2.47. The monoisotopic (exact) mass is 201 g/mol. The highest BCUT2D eigenvalue weighted by atomic mass is 16.3. The highest BCUT2D eigenvalue weighted by molar-refractivity contribution is 5.75. The van der Waals surface area contributed by atoms with Crippen LogP contribution in [0, 0.1) is 10.8 Å². The summed E-state index contributed by atoms with van der Waals surface area (Å²) in [7, 11) is 0. The molecule has 1 amide bonds. The van der Waals surface area contributed by atoms with Gasteiger partial charge in [-0.15, -0.1) is 0 Å². The van der Waals surface area contributed by atoms with Crippen LogP contribution < -0.4 is 5.73 Å². The molecule has 0 rings (SSSR count). The Morgan fingerprint density at radius 3 is 1.43 bits per heavy atom. The van der Waals surface area contributed by atoms with E-state index >= 15 is 0 Å². The summed E-state index contributed by atoms with van der Waals surface area (Å²) in [4.78, 5) is 11.0. The lowest BCUT2D eigenvalue weighted by Crippen LogP contribution is -2.55. The zero-order chi connectivity index (χ0) is 11.8. The second-order valence-electron chi connectivity index (χ2n) is 6.00. The van der Waals surface area contributed by atoms with Gasteiger partial charge in [-0.2, -0.15) is 0 Å². The average Bonchev–Trinajstić information content (AvgIpc) is 1.79. The van der Waals surface area contributed by atoms with Crippen molar-refractivity contribution in [2.45, 2.75) is 53.6 Å². The van der Waals surface area contributed by atoms with E-state index in [1.165, 1.54) is 0 Å². The summed E-state index contributed by atoms with van der Waals surface area (Å²) in [5.41, 5.74) is 3.35. The minimum absolute atomic E-state index is 0. The van der Waals surface area contributed by atoms with Crippen molar-refractivity contribution in [2.75, 3.05) is 0 Å². The first-order valence-corrected chi connectivity index (χ1v) is 4.92. The summed E-state index contributed by atoms with van der Waals surface area (Å²) < 4.78 is 0. The Morgan fingerprint density at radius 1 is 1.07 bits per heavy atom. The molecule has 14 heavy (non-hydrogen) atoms. The van der Waals surface area contributed by atoms with E-state index in [1.807, 2.05) is 41.5 Å². The predicted octanol–water partition coefficient (Wildman–Crippen LogP) is 1.69. The highest BCUT2D eigenvalue weighted by Crippen LogP contribution is 2.45. The summed E-state index contributed by atoms with van der Waals surface area (Å²) in [6, 6.07) is 0. The summed E-state index contributed by atoms with van der Waals surface area (Å²) in [6.07, 6.45) is 0. The number of carbonyl (C=O) groups is 1. The molecule has 3 heteroatoms. The van der Waals surface area contributed by atoms with Crippen molar-refractivity contribution in [2.24, 2.45) is 16.6 Å². The Balaban J connectivity index is 5.18. The largest absolute Gasteiger partial charge is 0.388 e. The number of carbonyl (C=O) groups excluding carboxylic acids is 1. The van der Waals surface area contributed by atoms with E-state index in [2.05, 4.69) is 0 Å². The summed E-state index contributed by atoms with van der Waals surface area (Å²) in [6.45, 7) is 11.5. The van der Waals surface area contributed by atoms with Crippen LogP contribution in [0.25, 0.3) is 0 Å². The van der Waals surface area contributed by atoms with Gasteiger partial charge in [0.1, 0.15) is 0 Å². The molecule has 0 atom stereocenters. The zero-order valence-corrected chi connectivity index (χ0v) is 10.1. The first-order valence-electron chi connectivity index (χ1n) is 4.92. The third-order valence-electron chi connectivity index (χ3n) is 2.91. The van der Waals surface area contributed by atoms with Gasteiger partial charge in [0.25, 0.3) is 0 Å². The molecule has 84 valence electrons. The zero-order valence-electron chi connectivity index (χ0n) is 10.1. The molecule has 0 aromatic carbocycles. The number of amides is 1. The molecule has 0 unspecified atom stereocenters. The van der Waals surface area contributed by atoms with E-state index in [0.29, 0.717) is 0 Å². The van der Waals surface area contributed by atoms with Gasteiger partial charge in [0.2, 0.25) is 5.91 Å². The summed E-state index contributed by atoms with van der Waals surface area (Å²) >= 11 is 0. The number of hydrogen-bond acceptors (Lipinski definition) is 2. The lowest BCUT2D eigenvalue weighted by atomic mass is 9.61. The number of hydrogen-bond donors (Lipinski definition) is 2. The Bertz CT molecular complexity index is 206. The normalized spacial score (nSPS) is 14.2. The van der Waals surface area contributed by atoms with Gasteiger partial charge in [0.05, 0.1) is 12.0 Å². The van der Waals surface area contributed by atoms with Gasteiger partial charge in [-0.3, -0.25) is 4.79 Å². The van der Waals surface area contributed by atoms with Crippen molar-refractivity contribution in [3.05, 3.63) is 0 Å². The third-order valence-corrected chi connectivity index (χ3v) is 2.91. The van der Waals surface area contributed by atoms with Crippen molar-refractivity contribution in [3.8, 4) is 0 Å². The molecule has 0 aliphatic rings. The maximum absolute atomic E-state index is 11.0. The molecule has 0 aliphatic heterocycles. The fourth-order valence-electron chi connectivity index (χ4n) is 1.91. The molecule has 0 spiro atoms. The molecule has 0 saturated heterocycles. The Labute approximate surface area is 86.7 Å². The lowest BCUT2D eigenvalue weighted by Gasteiger charge is -2.49. The fourth-order valence-corrected chi connectivity index (χ4v) is 1.91. The minimum Gasteiger partial charge on any atom is -0.388 e. The van der Waals surface area contributed by atoms with Crippen molar-refractivity contribution < 1.29 is 9.90 Å². The van der Waals surface area contributed by atoms with Crippen molar-refractivity contribution in [1.29, 1.82) is 0 Å². The van der Waals surface area contributed by atoms with Gasteiger partial charge in [-0.25, -0.2) is 0 Å². The Morgan fingerprint density at radius 2 is 1.36 bits per heavy atom. The second-order valence-corrected chi connectivity index (χ2v) is 6.00.